The maximum Gasteiger partial charge on any atom is 0.303 e. The summed E-state index contributed by atoms with van der Waals surface area (Å²) in [5.74, 6) is 1.22. The number of nitrogens with zero attached hydrogens (tertiary/aromatic N) is 2. The van der Waals surface area contributed by atoms with Crippen molar-refractivity contribution in [3.8, 4) is 5.75 Å². The van der Waals surface area contributed by atoms with Crippen LogP contribution < -0.4 is 4.74 Å². The predicted molar refractivity (Wildman–Crippen MR) is 141 cm³/mol. The van der Waals surface area contributed by atoms with Crippen LogP contribution in [0.3, 0.4) is 0 Å². The van der Waals surface area contributed by atoms with Crippen molar-refractivity contribution < 1.29 is 19.0 Å². The number of aromatic nitrogens is 1. The van der Waals surface area contributed by atoms with Gasteiger partial charge in [0.15, 0.2) is 0 Å². The number of alkyl halides is 1. The second kappa shape index (κ2) is 12.6. The summed E-state index contributed by atoms with van der Waals surface area (Å²) in [7, 11) is 1.58. The number of benzene rings is 1. The van der Waals surface area contributed by atoms with Gasteiger partial charge in [0.1, 0.15) is 11.9 Å². The van der Waals surface area contributed by atoms with E-state index in [4.69, 9.17) is 16.3 Å². The van der Waals surface area contributed by atoms with E-state index in [0.29, 0.717) is 40.1 Å². The number of pyridine rings is 1. The Balaban J connectivity index is 1.37. The van der Waals surface area contributed by atoms with Gasteiger partial charge in [-0.3, -0.25) is 9.78 Å². The molecule has 5 nitrogen and oxygen atoms in total. The number of hydrogen-bond acceptors (Lipinski definition) is 5. The smallest absolute Gasteiger partial charge is 0.303 e. The SMILES string of the molecule is COc1ccc2ncc(Cl)c([C@@H](F)CC[C@@H]3CCN(CCSC4CCCC4)C[C@H]3CC(=O)O)c2c1. The van der Waals surface area contributed by atoms with Gasteiger partial charge in [-0.2, -0.15) is 11.8 Å². The maximum absolute atomic E-state index is 15.6. The van der Waals surface area contributed by atoms with Gasteiger partial charge in [-0.05, 0) is 68.7 Å². The molecule has 1 saturated carbocycles. The van der Waals surface area contributed by atoms with Crippen molar-refractivity contribution in [2.24, 2.45) is 11.8 Å². The molecule has 1 aliphatic carbocycles. The summed E-state index contributed by atoms with van der Waals surface area (Å²) >= 11 is 8.47. The Hall–Kier alpha value is -1.57. The zero-order valence-corrected chi connectivity index (χ0v) is 22.0. The first-order valence-corrected chi connectivity index (χ1v) is 14.2. The average molecular weight is 523 g/mol. The highest BCUT2D eigenvalue weighted by Gasteiger charge is 2.32. The van der Waals surface area contributed by atoms with Crippen molar-refractivity contribution in [2.75, 3.05) is 32.5 Å². The van der Waals surface area contributed by atoms with Crippen molar-refractivity contribution in [3.63, 3.8) is 0 Å². The number of carboxylic acid groups (broad SMARTS) is 1. The lowest BCUT2D eigenvalue weighted by Crippen LogP contribution is -2.42. The van der Waals surface area contributed by atoms with E-state index >= 15 is 4.39 Å². The highest BCUT2D eigenvalue weighted by Crippen LogP contribution is 2.39. The van der Waals surface area contributed by atoms with E-state index in [1.165, 1.54) is 31.9 Å². The number of fused-ring (bicyclic) bond motifs is 1. The highest BCUT2D eigenvalue weighted by molar-refractivity contribution is 7.99. The van der Waals surface area contributed by atoms with Crippen LogP contribution in [-0.4, -0.2) is 58.7 Å². The molecule has 0 spiro atoms. The molecule has 35 heavy (non-hydrogen) atoms. The summed E-state index contributed by atoms with van der Waals surface area (Å²) in [5.41, 5.74) is 1.13. The number of rotatable bonds is 11. The number of hydrogen-bond donors (Lipinski definition) is 1. The quantitative estimate of drug-likeness (QED) is 0.351. The van der Waals surface area contributed by atoms with Gasteiger partial charge in [-0.15, -0.1) is 0 Å². The molecule has 1 aromatic carbocycles. The van der Waals surface area contributed by atoms with Crippen LogP contribution in [0.15, 0.2) is 24.4 Å². The molecular weight excluding hydrogens is 487 g/mol. The Morgan fingerprint density at radius 3 is 2.86 bits per heavy atom. The lowest BCUT2D eigenvalue weighted by molar-refractivity contribution is -0.139. The van der Waals surface area contributed by atoms with Gasteiger partial charge in [0.25, 0.3) is 0 Å². The molecule has 192 valence electrons. The third-order valence-electron chi connectivity index (χ3n) is 7.65. The van der Waals surface area contributed by atoms with Crippen molar-refractivity contribution in [1.29, 1.82) is 0 Å². The zero-order valence-electron chi connectivity index (χ0n) is 20.4. The molecule has 3 atom stereocenters. The summed E-state index contributed by atoms with van der Waals surface area (Å²) in [6.45, 7) is 2.75. The molecule has 1 saturated heterocycles. The molecule has 1 N–H and O–H groups in total. The highest BCUT2D eigenvalue weighted by atomic mass is 35.5. The normalized spacial score (nSPS) is 22.5. The van der Waals surface area contributed by atoms with Crippen LogP contribution in [0.1, 0.15) is 63.1 Å². The fraction of sp³-hybridized carbons (Fsp3) is 0.630. The molecular formula is C27H36ClFN2O3S. The molecule has 0 unspecified atom stereocenters. The molecule has 2 aliphatic rings. The minimum Gasteiger partial charge on any atom is -0.497 e. The van der Waals surface area contributed by atoms with Crippen molar-refractivity contribution in [1.82, 2.24) is 9.88 Å². The summed E-state index contributed by atoms with van der Waals surface area (Å²) < 4.78 is 20.9. The number of likely N-dealkylation sites (tertiary alicyclic amines) is 1. The average Bonchev–Trinajstić information content (AvgIpc) is 3.36. The van der Waals surface area contributed by atoms with Gasteiger partial charge in [-0.25, -0.2) is 4.39 Å². The summed E-state index contributed by atoms with van der Waals surface area (Å²) in [6, 6.07) is 5.40. The second-order valence-electron chi connectivity index (χ2n) is 9.93. The molecule has 2 aromatic rings. The fourth-order valence-electron chi connectivity index (χ4n) is 5.72. The van der Waals surface area contributed by atoms with Gasteiger partial charge in [0.05, 0.1) is 17.6 Å². The van der Waals surface area contributed by atoms with Crippen LogP contribution in [0.2, 0.25) is 5.02 Å². The first-order chi connectivity index (χ1) is 16.9. The van der Waals surface area contributed by atoms with E-state index in [-0.39, 0.29) is 18.3 Å². The van der Waals surface area contributed by atoms with Crippen LogP contribution in [-0.2, 0) is 4.79 Å². The summed E-state index contributed by atoms with van der Waals surface area (Å²) in [4.78, 5) is 18.3. The Kier molecular flexibility index (Phi) is 9.53. The summed E-state index contributed by atoms with van der Waals surface area (Å²) in [5, 5.41) is 11.3. The fourth-order valence-corrected chi connectivity index (χ4v) is 7.35. The van der Waals surface area contributed by atoms with E-state index in [1.807, 2.05) is 6.07 Å². The third-order valence-corrected chi connectivity index (χ3v) is 9.31. The zero-order chi connectivity index (χ0) is 24.8. The number of thioether (sulfide) groups is 1. The Labute approximate surface area is 216 Å². The number of aliphatic carboxylic acids is 1. The molecule has 2 heterocycles. The number of ether oxygens (including phenoxy) is 1. The Bertz CT molecular complexity index is 1000. The second-order valence-corrected chi connectivity index (χ2v) is 11.7. The number of carbonyl (C=O) groups is 1. The molecule has 1 aliphatic heterocycles. The molecule has 0 radical (unpaired) electrons. The van der Waals surface area contributed by atoms with Crippen LogP contribution in [0.25, 0.3) is 10.9 Å². The van der Waals surface area contributed by atoms with Gasteiger partial charge in [0.2, 0.25) is 0 Å². The molecule has 4 rings (SSSR count). The monoisotopic (exact) mass is 522 g/mol. The van der Waals surface area contributed by atoms with E-state index in [1.54, 1.807) is 19.2 Å². The lowest BCUT2D eigenvalue weighted by Gasteiger charge is -2.38. The standard InChI is InChI=1S/C27H36ClFN2O3S/c1-34-20-7-9-25-22(15-20)27(23(28)16-30-25)24(29)8-6-18-10-11-31(17-19(18)14-26(32)33)12-13-35-21-4-2-3-5-21/h7,9,15-16,18-19,21,24H,2-6,8,10-14,17H2,1H3,(H,32,33)/t18-,19-,24+/m1/s1. The van der Waals surface area contributed by atoms with Crippen molar-refractivity contribution in [2.45, 2.75) is 62.8 Å². The van der Waals surface area contributed by atoms with E-state index in [2.05, 4.69) is 21.6 Å². The van der Waals surface area contributed by atoms with Crippen molar-refractivity contribution >= 4 is 40.2 Å². The van der Waals surface area contributed by atoms with Crippen LogP contribution >= 0.6 is 23.4 Å². The molecule has 8 heteroatoms. The van der Waals surface area contributed by atoms with Gasteiger partial charge in [-0.1, -0.05) is 24.4 Å². The maximum atomic E-state index is 15.6. The van der Waals surface area contributed by atoms with E-state index < -0.39 is 12.1 Å². The number of halogens is 2. The van der Waals surface area contributed by atoms with E-state index in [0.717, 1.165) is 37.1 Å². The van der Waals surface area contributed by atoms with Gasteiger partial charge < -0.3 is 14.7 Å². The van der Waals surface area contributed by atoms with Crippen LogP contribution in [0.5, 0.6) is 5.75 Å². The number of piperidine rings is 1. The number of carboxylic acids is 1. The first-order valence-electron chi connectivity index (χ1n) is 12.8. The molecule has 0 bridgehead atoms. The van der Waals surface area contributed by atoms with Crippen LogP contribution in [0.4, 0.5) is 4.39 Å². The first kappa shape index (κ1) is 26.5. The summed E-state index contributed by atoms with van der Waals surface area (Å²) in [6.07, 6.45) is 7.66. The molecule has 2 fully saturated rings. The Morgan fingerprint density at radius 1 is 1.31 bits per heavy atom. The van der Waals surface area contributed by atoms with Gasteiger partial charge >= 0.3 is 5.97 Å². The lowest BCUT2D eigenvalue weighted by atomic mass is 9.79. The van der Waals surface area contributed by atoms with Crippen LogP contribution in [0, 0.1) is 11.8 Å². The predicted octanol–water partition coefficient (Wildman–Crippen LogP) is 6.78. The van der Waals surface area contributed by atoms with E-state index in [9.17, 15) is 9.90 Å². The Morgan fingerprint density at radius 2 is 2.11 bits per heavy atom. The minimum absolute atomic E-state index is 0.0506. The largest absolute Gasteiger partial charge is 0.497 e. The third kappa shape index (κ3) is 7.01. The minimum atomic E-state index is -1.24. The topological polar surface area (TPSA) is 62.7 Å². The molecule has 1 aromatic heterocycles. The van der Waals surface area contributed by atoms with Crippen molar-refractivity contribution in [3.05, 3.63) is 35.0 Å². The molecule has 0 amide bonds. The van der Waals surface area contributed by atoms with Gasteiger partial charge in [0, 0.05) is 47.7 Å². The number of methoxy groups -OCH3 is 1.